The van der Waals surface area contributed by atoms with Crippen LogP contribution < -0.4 is 0 Å². The lowest BCUT2D eigenvalue weighted by molar-refractivity contribution is -0.387. The molecule has 1 fully saturated rings. The molecule has 0 amide bonds. The van der Waals surface area contributed by atoms with E-state index in [2.05, 4.69) is 4.98 Å². The molecule has 3 heterocycles. The van der Waals surface area contributed by atoms with Gasteiger partial charge in [0.15, 0.2) is 10.7 Å². The topological polar surface area (TPSA) is 145 Å². The maximum Gasteiger partial charge on any atom is 0.331 e. The fraction of sp³-hybridized carbons (Fsp3) is 0.263. The molecule has 53 heavy (non-hydrogen) atoms. The molecule has 1 N–H and O–H groups in total. The lowest BCUT2D eigenvalue weighted by Crippen LogP contribution is -2.38. The Morgan fingerprint density at radius 1 is 1.02 bits per heavy atom. The van der Waals surface area contributed by atoms with Crippen molar-refractivity contribution in [2.45, 2.75) is 50.0 Å². The van der Waals surface area contributed by atoms with Gasteiger partial charge in [0.05, 0.1) is 26.0 Å². The summed E-state index contributed by atoms with van der Waals surface area (Å²) in [5.74, 6) is -1.13. The minimum absolute atomic E-state index is 0.0606. The van der Waals surface area contributed by atoms with Crippen LogP contribution >= 0.6 is 34.8 Å². The number of nitro groups is 1. The Morgan fingerprint density at radius 3 is 2.32 bits per heavy atom. The van der Waals surface area contributed by atoms with Crippen molar-refractivity contribution in [3.8, 4) is 11.1 Å². The van der Waals surface area contributed by atoms with Crippen molar-refractivity contribution in [1.82, 2.24) is 13.9 Å². The maximum absolute atomic E-state index is 14.9. The molecule has 0 aliphatic carbocycles. The predicted molar refractivity (Wildman–Crippen MR) is 206 cm³/mol. The Labute approximate surface area is 321 Å². The number of nitrogens with zero attached hydrogens (tertiary/aromatic N) is 3. The fourth-order valence-corrected chi connectivity index (χ4v) is 9.44. The zero-order valence-corrected chi connectivity index (χ0v) is 32.2. The molecule has 276 valence electrons. The van der Waals surface area contributed by atoms with Crippen LogP contribution in [0, 0.1) is 10.1 Å². The number of esters is 1. The van der Waals surface area contributed by atoms with Crippen LogP contribution in [0.3, 0.4) is 0 Å². The molecule has 0 unspecified atom stereocenters. The Kier molecular flexibility index (Phi) is 10.7. The van der Waals surface area contributed by atoms with Gasteiger partial charge in [0.2, 0.25) is 10.0 Å². The Bertz CT molecular complexity index is 2400. The minimum Gasteiger partial charge on any atom is -0.457 e. The maximum atomic E-state index is 14.9. The molecule has 0 radical (unpaired) electrons. The van der Waals surface area contributed by atoms with Gasteiger partial charge in [0, 0.05) is 83.4 Å². The van der Waals surface area contributed by atoms with Crippen LogP contribution in [-0.4, -0.2) is 57.6 Å². The van der Waals surface area contributed by atoms with Crippen molar-refractivity contribution in [3.63, 3.8) is 0 Å². The molecule has 11 nitrogen and oxygen atoms in total. The molecular weight excluding hydrogens is 763 g/mol. The number of ketones is 1. The molecule has 0 atom stereocenters. The molecule has 15 heteroatoms. The SMILES string of the molecule is Cn1cc(C(=O)c2c(-c3c(Cl)cc(Cl)cc3Cl)c[nH]c2C2CCN(S(=O)(=O)c3ccccc3[N+](=O)[O-])CC2)c2cccc(/C=C/C(=O)OC(C)(C)C)c21. The van der Waals surface area contributed by atoms with E-state index in [0.29, 0.717) is 62.3 Å². The van der Waals surface area contributed by atoms with E-state index < -0.39 is 32.2 Å². The summed E-state index contributed by atoms with van der Waals surface area (Å²) in [6, 6.07) is 13.8. The number of halogens is 3. The second kappa shape index (κ2) is 14.8. The molecule has 1 saturated heterocycles. The number of H-pyrrole nitrogens is 1. The normalized spacial score (nSPS) is 14.6. The van der Waals surface area contributed by atoms with Gasteiger partial charge in [0.1, 0.15) is 5.60 Å². The standard InChI is InChI=1S/C38H35Cl3N4O7S/c1-38(2,3)52-32(46)13-12-23-8-7-9-25-27(21-43(4)36(23)25)37(47)34-26(33-28(40)18-24(39)19-29(33)41)20-42-35(34)22-14-16-44(17-15-22)53(50,51)31-11-6-5-10-30(31)45(48)49/h5-13,18-22,42H,14-17H2,1-4H3/b13-12+. The average Bonchev–Trinajstić information content (AvgIpc) is 3.67. The molecule has 6 rings (SSSR count). The van der Waals surface area contributed by atoms with E-state index in [1.54, 1.807) is 57.4 Å². The smallest absolute Gasteiger partial charge is 0.331 e. The van der Waals surface area contributed by atoms with Crippen molar-refractivity contribution in [1.29, 1.82) is 0 Å². The Morgan fingerprint density at radius 2 is 1.68 bits per heavy atom. The summed E-state index contributed by atoms with van der Waals surface area (Å²) in [6.45, 7) is 5.47. The number of sulfonamides is 1. The van der Waals surface area contributed by atoms with Gasteiger partial charge in [-0.15, -0.1) is 0 Å². The molecule has 0 bridgehead atoms. The van der Waals surface area contributed by atoms with Gasteiger partial charge in [-0.2, -0.15) is 4.31 Å². The van der Waals surface area contributed by atoms with Gasteiger partial charge in [-0.05, 0) is 63.5 Å². The van der Waals surface area contributed by atoms with E-state index in [1.165, 1.54) is 34.6 Å². The molecule has 5 aromatic rings. The van der Waals surface area contributed by atoms with Gasteiger partial charge >= 0.3 is 5.97 Å². The van der Waals surface area contributed by atoms with Crippen LogP contribution in [0.15, 0.2) is 78.0 Å². The number of rotatable bonds is 9. The predicted octanol–water partition coefficient (Wildman–Crippen LogP) is 9.20. The number of ether oxygens (including phenoxy) is 1. The number of aryl methyl sites for hydroxylation is 1. The first kappa shape index (κ1) is 38.3. The number of aromatic nitrogens is 2. The summed E-state index contributed by atoms with van der Waals surface area (Å²) in [6.07, 6.45) is 7.03. The van der Waals surface area contributed by atoms with E-state index in [4.69, 9.17) is 39.5 Å². The number of aromatic amines is 1. The van der Waals surface area contributed by atoms with Gasteiger partial charge < -0.3 is 14.3 Å². The number of hydrogen-bond acceptors (Lipinski definition) is 7. The summed E-state index contributed by atoms with van der Waals surface area (Å²) in [4.78, 5) is 41.2. The van der Waals surface area contributed by atoms with E-state index in [9.17, 15) is 28.1 Å². The van der Waals surface area contributed by atoms with E-state index in [0.717, 1.165) is 0 Å². The number of para-hydroxylation sites is 2. The molecule has 0 spiro atoms. The molecule has 1 aliphatic rings. The van der Waals surface area contributed by atoms with Gasteiger partial charge in [-0.25, -0.2) is 13.2 Å². The monoisotopic (exact) mass is 796 g/mol. The van der Waals surface area contributed by atoms with Crippen molar-refractivity contribution in [2.75, 3.05) is 13.1 Å². The van der Waals surface area contributed by atoms with Crippen molar-refractivity contribution < 1.29 is 27.7 Å². The van der Waals surface area contributed by atoms with Crippen molar-refractivity contribution in [3.05, 3.63) is 121 Å². The average molecular weight is 798 g/mol. The first-order chi connectivity index (χ1) is 25.0. The molecular formula is C38H35Cl3N4O7S. The van der Waals surface area contributed by atoms with E-state index in [-0.39, 0.29) is 39.7 Å². The van der Waals surface area contributed by atoms with E-state index >= 15 is 0 Å². The third-order valence-corrected chi connectivity index (χ3v) is 11.8. The fourth-order valence-electron chi connectivity index (χ4n) is 6.80. The summed E-state index contributed by atoms with van der Waals surface area (Å²) < 4.78 is 35.7. The third-order valence-electron chi connectivity index (χ3n) is 9.04. The molecule has 1 aliphatic heterocycles. The molecule has 0 saturated carbocycles. The zero-order chi connectivity index (χ0) is 38.4. The van der Waals surface area contributed by atoms with Crippen LogP contribution in [-0.2, 0) is 26.6 Å². The lowest BCUT2D eigenvalue weighted by atomic mass is 9.87. The number of piperidine rings is 1. The van der Waals surface area contributed by atoms with Crippen molar-refractivity contribution >= 4 is 79.2 Å². The quantitative estimate of drug-likeness (QED) is 0.0515. The largest absolute Gasteiger partial charge is 0.457 e. The molecule has 3 aromatic carbocycles. The van der Waals surface area contributed by atoms with Crippen molar-refractivity contribution in [2.24, 2.45) is 7.05 Å². The van der Waals surface area contributed by atoms with Gasteiger partial charge in [0.25, 0.3) is 5.69 Å². The highest BCUT2D eigenvalue weighted by molar-refractivity contribution is 7.89. The highest BCUT2D eigenvalue weighted by atomic mass is 35.5. The van der Waals surface area contributed by atoms with Gasteiger partial charge in [-0.3, -0.25) is 14.9 Å². The van der Waals surface area contributed by atoms with Crippen LogP contribution in [0.4, 0.5) is 5.69 Å². The Hall–Kier alpha value is -4.46. The van der Waals surface area contributed by atoms with Crippen LogP contribution in [0.25, 0.3) is 28.1 Å². The number of carbonyl (C=O) groups excluding carboxylic acids is 2. The molecule has 2 aromatic heterocycles. The van der Waals surface area contributed by atoms with Gasteiger partial charge in [-0.1, -0.05) is 65.1 Å². The number of nitro benzene ring substituents is 1. The van der Waals surface area contributed by atoms with Crippen LogP contribution in [0.1, 0.15) is 66.7 Å². The number of benzene rings is 3. The van der Waals surface area contributed by atoms with Crippen LogP contribution in [0.5, 0.6) is 0 Å². The highest BCUT2D eigenvalue weighted by Crippen LogP contribution is 2.44. The number of fused-ring (bicyclic) bond motifs is 1. The second-order valence-corrected chi connectivity index (χ2v) is 16.9. The first-order valence-corrected chi connectivity index (χ1v) is 19.2. The second-order valence-electron chi connectivity index (χ2n) is 13.7. The minimum atomic E-state index is -4.18. The summed E-state index contributed by atoms with van der Waals surface area (Å²) in [5, 5.41) is 13.1. The highest BCUT2D eigenvalue weighted by Gasteiger charge is 2.37. The summed E-state index contributed by atoms with van der Waals surface area (Å²) in [7, 11) is -2.37. The summed E-state index contributed by atoms with van der Waals surface area (Å²) >= 11 is 19.7. The first-order valence-electron chi connectivity index (χ1n) is 16.6. The summed E-state index contributed by atoms with van der Waals surface area (Å²) in [5.41, 5.74) is 2.39. The number of nitrogens with one attached hydrogen (secondary N) is 1. The Balaban J connectivity index is 1.40. The lowest BCUT2D eigenvalue weighted by Gasteiger charge is -2.31. The number of carbonyl (C=O) groups is 2. The number of hydrogen-bond donors (Lipinski definition) is 1. The van der Waals surface area contributed by atoms with E-state index in [1.807, 2.05) is 23.7 Å². The zero-order valence-electron chi connectivity index (χ0n) is 29.2. The third kappa shape index (κ3) is 7.65. The van der Waals surface area contributed by atoms with Crippen LogP contribution in [0.2, 0.25) is 15.1 Å².